The van der Waals surface area contributed by atoms with Crippen LogP contribution in [-0.2, 0) is 14.3 Å². The number of carbonyl (C=O) groups is 2. The lowest BCUT2D eigenvalue weighted by Crippen LogP contribution is -2.45. The summed E-state index contributed by atoms with van der Waals surface area (Å²) in [5.74, 6) is -0.0408. The standard InChI is InChI=1S/C68H131NO5/c1-3-5-7-9-11-13-15-17-19-21-23-24-25-26-27-28-32-36-40-44-48-52-56-60-66(71)65(64-70)69-67(72)61-57-53-49-45-41-37-33-30-31-35-39-43-47-51-55-59-63-74-68(73)62-58-54-50-46-42-38-34-29-22-20-18-16-14-12-10-8-6-4-2/h14,16,20,22,65-66,70-71H,3-13,15,17-19,21,23-64H2,1-2H3,(H,69,72)/b16-14-,22-20-. The van der Waals surface area contributed by atoms with E-state index in [0.717, 1.165) is 51.4 Å². The Morgan fingerprint density at radius 1 is 0.378 bits per heavy atom. The molecular formula is C68H131NO5. The molecule has 0 heterocycles. The molecule has 0 spiro atoms. The van der Waals surface area contributed by atoms with Crippen LogP contribution in [0.2, 0.25) is 0 Å². The van der Waals surface area contributed by atoms with Crippen LogP contribution in [0.4, 0.5) is 0 Å². The second kappa shape index (κ2) is 63.9. The Morgan fingerprint density at radius 2 is 0.676 bits per heavy atom. The molecule has 6 heteroatoms. The Labute approximate surface area is 462 Å². The van der Waals surface area contributed by atoms with Gasteiger partial charge in [0, 0.05) is 12.8 Å². The van der Waals surface area contributed by atoms with Gasteiger partial charge in [-0.3, -0.25) is 9.59 Å². The molecule has 0 fully saturated rings. The highest BCUT2D eigenvalue weighted by molar-refractivity contribution is 5.76. The third-order valence-electron chi connectivity index (χ3n) is 15.8. The minimum atomic E-state index is -0.671. The second-order valence-electron chi connectivity index (χ2n) is 23.2. The van der Waals surface area contributed by atoms with Gasteiger partial charge in [-0.25, -0.2) is 0 Å². The van der Waals surface area contributed by atoms with Crippen LogP contribution in [0.1, 0.15) is 373 Å². The van der Waals surface area contributed by atoms with Crippen LogP contribution in [0, 0.1) is 0 Å². The molecule has 0 saturated heterocycles. The Morgan fingerprint density at radius 3 is 1.04 bits per heavy atom. The van der Waals surface area contributed by atoms with Gasteiger partial charge in [-0.1, -0.05) is 327 Å². The van der Waals surface area contributed by atoms with Crippen molar-refractivity contribution in [2.45, 2.75) is 386 Å². The lowest BCUT2D eigenvalue weighted by Gasteiger charge is -2.22. The second-order valence-corrected chi connectivity index (χ2v) is 23.2. The largest absolute Gasteiger partial charge is 0.466 e. The smallest absolute Gasteiger partial charge is 0.305 e. The fourth-order valence-corrected chi connectivity index (χ4v) is 10.6. The number of unbranched alkanes of at least 4 members (excludes halogenated alkanes) is 48. The molecule has 0 aromatic carbocycles. The Hall–Kier alpha value is -1.66. The van der Waals surface area contributed by atoms with Crippen LogP contribution in [-0.4, -0.2) is 47.4 Å². The van der Waals surface area contributed by atoms with Gasteiger partial charge in [-0.2, -0.15) is 0 Å². The van der Waals surface area contributed by atoms with E-state index in [1.807, 2.05) is 0 Å². The van der Waals surface area contributed by atoms with E-state index in [4.69, 9.17) is 4.74 Å². The van der Waals surface area contributed by atoms with Gasteiger partial charge in [0.05, 0.1) is 25.4 Å². The van der Waals surface area contributed by atoms with E-state index >= 15 is 0 Å². The molecule has 1 amide bonds. The molecule has 0 bridgehead atoms. The molecule has 2 atom stereocenters. The molecule has 0 aliphatic carbocycles. The summed E-state index contributed by atoms with van der Waals surface area (Å²) >= 11 is 0. The molecule has 6 nitrogen and oxygen atoms in total. The van der Waals surface area contributed by atoms with E-state index in [-0.39, 0.29) is 18.5 Å². The van der Waals surface area contributed by atoms with Gasteiger partial charge < -0.3 is 20.3 Å². The first kappa shape index (κ1) is 72.3. The minimum absolute atomic E-state index is 0.00296. The van der Waals surface area contributed by atoms with Crippen molar-refractivity contribution in [3.05, 3.63) is 24.3 Å². The predicted molar refractivity (Wildman–Crippen MR) is 324 cm³/mol. The first-order valence-corrected chi connectivity index (χ1v) is 33.6. The lowest BCUT2D eigenvalue weighted by atomic mass is 10.0. The molecule has 0 aliphatic rings. The molecule has 0 rings (SSSR count). The summed E-state index contributed by atoms with van der Waals surface area (Å²) in [4.78, 5) is 24.6. The first-order chi connectivity index (χ1) is 36.5. The first-order valence-electron chi connectivity index (χ1n) is 33.6. The van der Waals surface area contributed by atoms with Crippen LogP contribution < -0.4 is 5.32 Å². The number of aliphatic hydroxyl groups excluding tert-OH is 2. The number of hydrogen-bond acceptors (Lipinski definition) is 5. The summed E-state index contributed by atoms with van der Waals surface area (Å²) in [5, 5.41) is 23.4. The predicted octanol–water partition coefficient (Wildman–Crippen LogP) is 21.4. The van der Waals surface area contributed by atoms with Crippen LogP contribution in [0.15, 0.2) is 24.3 Å². The number of hydrogen-bond donors (Lipinski definition) is 3. The van der Waals surface area contributed by atoms with Crippen LogP contribution >= 0.6 is 0 Å². The zero-order valence-electron chi connectivity index (χ0n) is 50.1. The van der Waals surface area contributed by atoms with Crippen molar-refractivity contribution in [3.63, 3.8) is 0 Å². The average molecular weight is 1040 g/mol. The summed E-state index contributed by atoms with van der Waals surface area (Å²) in [5.41, 5.74) is 0. The van der Waals surface area contributed by atoms with Crippen molar-refractivity contribution in [1.29, 1.82) is 0 Å². The minimum Gasteiger partial charge on any atom is -0.466 e. The highest BCUT2D eigenvalue weighted by Gasteiger charge is 2.20. The van der Waals surface area contributed by atoms with Crippen LogP contribution in [0.3, 0.4) is 0 Å². The fourth-order valence-electron chi connectivity index (χ4n) is 10.6. The van der Waals surface area contributed by atoms with Crippen molar-refractivity contribution in [1.82, 2.24) is 5.32 Å². The van der Waals surface area contributed by atoms with Crippen molar-refractivity contribution in [2.75, 3.05) is 13.2 Å². The zero-order valence-corrected chi connectivity index (χ0v) is 50.1. The van der Waals surface area contributed by atoms with E-state index in [0.29, 0.717) is 25.9 Å². The number of amides is 1. The van der Waals surface area contributed by atoms with E-state index in [2.05, 4.69) is 43.5 Å². The Kier molecular flexibility index (Phi) is 62.4. The molecular weight excluding hydrogens is 911 g/mol. The third-order valence-corrected chi connectivity index (χ3v) is 15.8. The van der Waals surface area contributed by atoms with Crippen molar-refractivity contribution in [3.8, 4) is 0 Å². The van der Waals surface area contributed by atoms with Gasteiger partial charge in [0.1, 0.15) is 0 Å². The normalized spacial score (nSPS) is 12.6. The lowest BCUT2D eigenvalue weighted by molar-refractivity contribution is -0.143. The molecule has 74 heavy (non-hydrogen) atoms. The topological polar surface area (TPSA) is 95.9 Å². The molecule has 0 radical (unpaired) electrons. The zero-order chi connectivity index (χ0) is 53.6. The number of esters is 1. The van der Waals surface area contributed by atoms with Crippen LogP contribution in [0.5, 0.6) is 0 Å². The Balaban J connectivity index is 3.41. The summed E-state index contributed by atoms with van der Waals surface area (Å²) in [6.07, 6.45) is 79.1. The monoisotopic (exact) mass is 1040 g/mol. The third kappa shape index (κ3) is 59.6. The van der Waals surface area contributed by atoms with E-state index < -0.39 is 12.1 Å². The Bertz CT molecular complexity index is 1150. The van der Waals surface area contributed by atoms with Gasteiger partial charge in [-0.15, -0.1) is 0 Å². The van der Waals surface area contributed by atoms with Gasteiger partial charge in [0.25, 0.3) is 0 Å². The molecule has 438 valence electrons. The van der Waals surface area contributed by atoms with E-state index in [1.54, 1.807) is 0 Å². The van der Waals surface area contributed by atoms with E-state index in [9.17, 15) is 19.8 Å². The molecule has 3 N–H and O–H groups in total. The average Bonchev–Trinajstić information content (AvgIpc) is 3.40. The van der Waals surface area contributed by atoms with Crippen molar-refractivity contribution >= 4 is 11.9 Å². The summed E-state index contributed by atoms with van der Waals surface area (Å²) in [6, 6.07) is -0.548. The SMILES string of the molecule is CCCCCC/C=C\C/C=C\CCCCCCCCCC(=O)OCCCCCCCCCCCCCCCCCCC(=O)NC(CO)C(O)CCCCCCCCCCCCCCCCCCCCCCCCC. The molecule has 0 aromatic heterocycles. The maximum Gasteiger partial charge on any atom is 0.305 e. The van der Waals surface area contributed by atoms with Gasteiger partial charge in [-0.05, 0) is 57.8 Å². The summed E-state index contributed by atoms with van der Waals surface area (Å²) in [6.45, 7) is 4.95. The summed E-state index contributed by atoms with van der Waals surface area (Å²) < 4.78 is 5.49. The molecule has 0 aromatic rings. The number of allylic oxidation sites excluding steroid dienone is 4. The van der Waals surface area contributed by atoms with E-state index in [1.165, 1.54) is 289 Å². The number of nitrogens with one attached hydrogen (secondary N) is 1. The maximum atomic E-state index is 12.5. The molecule has 0 saturated carbocycles. The number of aliphatic hydroxyl groups is 2. The summed E-state index contributed by atoms with van der Waals surface area (Å²) in [7, 11) is 0. The highest BCUT2D eigenvalue weighted by atomic mass is 16.5. The fraction of sp³-hybridized carbons (Fsp3) is 0.912. The van der Waals surface area contributed by atoms with Crippen LogP contribution in [0.25, 0.3) is 0 Å². The molecule has 0 aliphatic heterocycles. The maximum absolute atomic E-state index is 12.5. The number of ether oxygens (including phenoxy) is 1. The quantitative estimate of drug-likeness (QED) is 0.0320. The highest BCUT2D eigenvalue weighted by Crippen LogP contribution is 2.19. The van der Waals surface area contributed by atoms with Crippen molar-refractivity contribution in [2.24, 2.45) is 0 Å². The van der Waals surface area contributed by atoms with Crippen molar-refractivity contribution < 1.29 is 24.5 Å². The van der Waals surface area contributed by atoms with Gasteiger partial charge in [0.15, 0.2) is 0 Å². The number of carbonyl (C=O) groups excluding carboxylic acids is 2. The number of rotatable bonds is 63. The van der Waals surface area contributed by atoms with Gasteiger partial charge >= 0.3 is 5.97 Å². The van der Waals surface area contributed by atoms with Gasteiger partial charge in [0.2, 0.25) is 5.91 Å². The molecule has 2 unspecified atom stereocenters.